The molecule has 0 aliphatic carbocycles. The normalized spacial score (nSPS) is 11.6. The lowest BCUT2D eigenvalue weighted by molar-refractivity contribution is -0.274. The molecule has 0 fully saturated rings. The number of aliphatic imine (C=N–C) groups is 1. The summed E-state index contributed by atoms with van der Waals surface area (Å²) in [5.74, 6) is -0.722. The monoisotopic (exact) mass is 455 g/mol. The molecule has 0 atom stereocenters. The Morgan fingerprint density at radius 1 is 1.08 bits per heavy atom. The molecule has 0 unspecified atom stereocenters. The fraction of sp³-hybridized carbons (Fsp3) is 0.133. The number of hydrogen-bond donors (Lipinski definition) is 2. The molecular formula is C15H14F4IN3O. The lowest BCUT2D eigenvalue weighted by atomic mass is 10.2. The van der Waals surface area contributed by atoms with Crippen LogP contribution in [-0.4, -0.2) is 12.3 Å². The van der Waals surface area contributed by atoms with Gasteiger partial charge in [-0.3, -0.25) is 0 Å². The van der Waals surface area contributed by atoms with E-state index in [1.807, 2.05) is 0 Å². The Kier molecular flexibility index (Phi) is 7.26. The maximum absolute atomic E-state index is 13.4. The molecule has 3 N–H and O–H groups in total. The highest BCUT2D eigenvalue weighted by Gasteiger charge is 2.30. The zero-order valence-corrected chi connectivity index (χ0v) is 14.5. The number of benzene rings is 2. The van der Waals surface area contributed by atoms with Crippen molar-refractivity contribution in [3.63, 3.8) is 0 Å². The van der Waals surface area contributed by atoms with E-state index in [2.05, 4.69) is 15.0 Å². The Bertz CT molecular complexity index is 690. The van der Waals surface area contributed by atoms with Gasteiger partial charge >= 0.3 is 6.36 Å². The van der Waals surface area contributed by atoms with Gasteiger partial charge in [-0.15, -0.1) is 37.1 Å². The molecule has 0 saturated carbocycles. The summed E-state index contributed by atoms with van der Waals surface area (Å²) in [7, 11) is 0. The molecule has 0 saturated heterocycles. The van der Waals surface area contributed by atoms with Crippen LogP contribution in [0.4, 0.5) is 23.2 Å². The number of nitrogens with two attached hydrogens (primary N) is 1. The molecule has 24 heavy (non-hydrogen) atoms. The second kappa shape index (κ2) is 8.71. The van der Waals surface area contributed by atoms with E-state index in [-0.39, 0.29) is 42.2 Å². The zero-order valence-electron chi connectivity index (χ0n) is 12.2. The lowest BCUT2D eigenvalue weighted by Gasteiger charge is -2.10. The summed E-state index contributed by atoms with van der Waals surface area (Å²) >= 11 is 0. The molecule has 2 rings (SSSR count). The standard InChI is InChI=1S/C15H13F4N3O.HI/c16-13-4-2-1-3-10(13)9-21-14(20)22-11-5-7-12(8-6-11)23-15(17,18)19;/h1-8H,9H2,(H3,20,21,22);1H. The highest BCUT2D eigenvalue weighted by atomic mass is 127. The van der Waals surface area contributed by atoms with Crippen LogP contribution >= 0.6 is 24.0 Å². The number of ether oxygens (including phenoxy) is 1. The van der Waals surface area contributed by atoms with Gasteiger partial charge in [-0.2, -0.15) is 0 Å². The number of nitrogens with zero attached hydrogens (tertiary/aromatic N) is 1. The summed E-state index contributed by atoms with van der Waals surface area (Å²) in [5, 5.41) is 2.69. The van der Waals surface area contributed by atoms with E-state index >= 15 is 0 Å². The Labute approximate surface area is 152 Å². The first-order valence-electron chi connectivity index (χ1n) is 6.49. The number of hydrogen-bond acceptors (Lipinski definition) is 2. The van der Waals surface area contributed by atoms with Crippen LogP contribution in [0.1, 0.15) is 5.56 Å². The highest BCUT2D eigenvalue weighted by Crippen LogP contribution is 2.23. The van der Waals surface area contributed by atoms with Crippen molar-refractivity contribution in [1.29, 1.82) is 0 Å². The fourth-order valence-electron chi connectivity index (χ4n) is 1.72. The van der Waals surface area contributed by atoms with Gasteiger partial charge in [0.1, 0.15) is 11.6 Å². The van der Waals surface area contributed by atoms with Crippen LogP contribution in [0.25, 0.3) is 0 Å². The van der Waals surface area contributed by atoms with Crippen LogP contribution in [0, 0.1) is 5.82 Å². The van der Waals surface area contributed by atoms with Crippen LogP contribution in [0.2, 0.25) is 0 Å². The molecule has 0 bridgehead atoms. The molecule has 0 amide bonds. The summed E-state index contributed by atoms with van der Waals surface area (Å²) < 4.78 is 53.3. The van der Waals surface area contributed by atoms with Gasteiger partial charge in [0.25, 0.3) is 0 Å². The molecule has 4 nitrogen and oxygen atoms in total. The number of anilines is 1. The maximum atomic E-state index is 13.4. The van der Waals surface area contributed by atoms with E-state index in [9.17, 15) is 17.6 Å². The fourth-order valence-corrected chi connectivity index (χ4v) is 1.72. The van der Waals surface area contributed by atoms with E-state index in [1.165, 1.54) is 18.2 Å². The minimum Gasteiger partial charge on any atom is -0.406 e. The van der Waals surface area contributed by atoms with E-state index in [0.717, 1.165) is 12.1 Å². The van der Waals surface area contributed by atoms with Crippen molar-refractivity contribution in [2.75, 3.05) is 5.32 Å². The second-order valence-corrected chi connectivity index (χ2v) is 4.49. The maximum Gasteiger partial charge on any atom is 0.573 e. The predicted molar refractivity (Wildman–Crippen MR) is 93.9 cm³/mol. The average Bonchev–Trinajstić information content (AvgIpc) is 2.47. The largest absolute Gasteiger partial charge is 0.573 e. The van der Waals surface area contributed by atoms with Crippen LogP contribution in [0.15, 0.2) is 53.5 Å². The molecule has 9 heteroatoms. The molecule has 0 aromatic heterocycles. The highest BCUT2D eigenvalue weighted by molar-refractivity contribution is 14.0. The Hall–Kier alpha value is -2.04. The van der Waals surface area contributed by atoms with E-state index in [1.54, 1.807) is 18.2 Å². The average molecular weight is 455 g/mol. The SMILES string of the molecule is I.NC(=NCc1ccccc1F)Nc1ccc(OC(F)(F)F)cc1. The van der Waals surface area contributed by atoms with Gasteiger partial charge in [-0.25, -0.2) is 9.38 Å². The minimum atomic E-state index is -4.74. The number of alkyl halides is 3. The first kappa shape index (κ1) is 20.0. The van der Waals surface area contributed by atoms with Crippen LogP contribution in [0.5, 0.6) is 5.75 Å². The summed E-state index contributed by atoms with van der Waals surface area (Å²) in [4.78, 5) is 3.96. The van der Waals surface area contributed by atoms with Crippen molar-refractivity contribution in [2.45, 2.75) is 12.9 Å². The molecule has 2 aromatic rings. The van der Waals surface area contributed by atoms with Crippen molar-refractivity contribution in [2.24, 2.45) is 10.7 Å². The minimum absolute atomic E-state index is 0. The summed E-state index contributed by atoms with van der Waals surface area (Å²) in [5.41, 5.74) is 6.45. The molecular weight excluding hydrogens is 441 g/mol. The number of guanidine groups is 1. The van der Waals surface area contributed by atoms with E-state index < -0.39 is 12.2 Å². The molecule has 0 spiro atoms. The van der Waals surface area contributed by atoms with Crippen LogP contribution < -0.4 is 15.8 Å². The Morgan fingerprint density at radius 3 is 2.29 bits per heavy atom. The molecule has 0 aliphatic rings. The summed E-state index contributed by atoms with van der Waals surface area (Å²) in [6, 6.07) is 11.1. The Morgan fingerprint density at radius 2 is 1.71 bits per heavy atom. The van der Waals surface area contributed by atoms with E-state index in [0.29, 0.717) is 11.3 Å². The van der Waals surface area contributed by atoms with Crippen LogP contribution in [0.3, 0.4) is 0 Å². The molecule has 0 aliphatic heterocycles. The smallest absolute Gasteiger partial charge is 0.406 e. The Balaban J connectivity index is 0.00000288. The van der Waals surface area contributed by atoms with Crippen molar-refractivity contribution >= 4 is 35.6 Å². The molecule has 0 heterocycles. The van der Waals surface area contributed by atoms with Gasteiger partial charge in [0.2, 0.25) is 0 Å². The first-order valence-corrected chi connectivity index (χ1v) is 6.49. The van der Waals surface area contributed by atoms with E-state index in [4.69, 9.17) is 5.73 Å². The lowest BCUT2D eigenvalue weighted by Crippen LogP contribution is -2.22. The summed E-state index contributed by atoms with van der Waals surface area (Å²) in [6.45, 7) is 0.0424. The topological polar surface area (TPSA) is 59.6 Å². The zero-order chi connectivity index (χ0) is 16.9. The molecule has 130 valence electrons. The third-order valence-electron chi connectivity index (χ3n) is 2.74. The van der Waals surface area contributed by atoms with Gasteiger partial charge in [0.05, 0.1) is 6.54 Å². The number of nitrogens with one attached hydrogen (secondary N) is 1. The van der Waals surface area contributed by atoms with Gasteiger partial charge in [-0.05, 0) is 30.3 Å². The predicted octanol–water partition coefficient (Wildman–Crippen LogP) is 4.27. The first-order chi connectivity index (χ1) is 10.8. The van der Waals surface area contributed by atoms with Crippen molar-refractivity contribution in [3.8, 4) is 5.75 Å². The number of halogens is 5. The quantitative estimate of drug-likeness (QED) is 0.314. The van der Waals surface area contributed by atoms with Crippen LogP contribution in [-0.2, 0) is 6.54 Å². The molecule has 0 radical (unpaired) electrons. The van der Waals surface area contributed by atoms with Crippen molar-refractivity contribution < 1.29 is 22.3 Å². The third-order valence-corrected chi connectivity index (χ3v) is 2.74. The van der Waals surface area contributed by atoms with Crippen molar-refractivity contribution in [3.05, 3.63) is 59.9 Å². The van der Waals surface area contributed by atoms with Gasteiger partial charge in [0.15, 0.2) is 5.96 Å². The third kappa shape index (κ3) is 6.60. The number of rotatable bonds is 4. The molecule has 2 aromatic carbocycles. The second-order valence-electron chi connectivity index (χ2n) is 4.49. The van der Waals surface area contributed by atoms with Crippen molar-refractivity contribution in [1.82, 2.24) is 0 Å². The summed E-state index contributed by atoms with van der Waals surface area (Å²) in [6.07, 6.45) is -4.74. The van der Waals surface area contributed by atoms with Gasteiger partial charge < -0.3 is 15.8 Å². The van der Waals surface area contributed by atoms with Gasteiger partial charge in [-0.1, -0.05) is 18.2 Å². The van der Waals surface area contributed by atoms with Gasteiger partial charge in [0, 0.05) is 11.3 Å².